The smallest absolute Gasteiger partial charge is 0.337 e. The van der Waals surface area contributed by atoms with E-state index in [0.29, 0.717) is 11.3 Å². The Morgan fingerprint density at radius 2 is 1.74 bits per heavy atom. The Hall–Kier alpha value is -3.79. The molecule has 1 aromatic heterocycles. The number of anilines is 3. The molecule has 0 atom stereocenters. The van der Waals surface area contributed by atoms with E-state index in [1.54, 1.807) is 31.4 Å². The molecule has 1 aliphatic heterocycles. The number of esters is 1. The molecule has 0 unspecified atom stereocenters. The zero-order valence-corrected chi connectivity index (χ0v) is 20.5. The average Bonchev–Trinajstić information content (AvgIpc) is 2.92. The first-order valence-corrected chi connectivity index (χ1v) is 12.1. The van der Waals surface area contributed by atoms with E-state index in [9.17, 15) is 9.59 Å². The fraction of sp³-hybridized carbons (Fsp3) is 0.280. The maximum Gasteiger partial charge on any atom is 0.337 e. The van der Waals surface area contributed by atoms with Crippen molar-refractivity contribution in [2.24, 2.45) is 0 Å². The van der Waals surface area contributed by atoms with Crippen molar-refractivity contribution in [2.45, 2.75) is 5.03 Å². The minimum absolute atomic E-state index is 0.181. The first-order valence-electron chi connectivity index (χ1n) is 11.1. The Labute approximate surface area is 208 Å². The number of nitrogens with zero attached hydrogens (tertiary/aromatic N) is 4. The molecule has 1 fully saturated rings. The van der Waals surface area contributed by atoms with Gasteiger partial charge in [0.1, 0.15) is 22.9 Å². The molecule has 1 saturated heterocycles. The molecular formula is C25H27N5O4S. The molecule has 0 saturated carbocycles. The first-order chi connectivity index (χ1) is 17.1. The molecule has 0 radical (unpaired) electrons. The molecular weight excluding hydrogens is 466 g/mol. The number of rotatable bonds is 8. The van der Waals surface area contributed by atoms with Crippen molar-refractivity contribution in [3.63, 3.8) is 0 Å². The van der Waals surface area contributed by atoms with Gasteiger partial charge in [-0.05, 0) is 30.3 Å². The van der Waals surface area contributed by atoms with E-state index in [-0.39, 0.29) is 11.7 Å². The van der Waals surface area contributed by atoms with Gasteiger partial charge in [-0.1, -0.05) is 30.0 Å². The molecule has 4 rings (SSSR count). The third-order valence-electron chi connectivity index (χ3n) is 5.58. The Bertz CT molecular complexity index is 1180. The summed E-state index contributed by atoms with van der Waals surface area (Å²) in [5.41, 5.74) is 2.01. The topological polar surface area (TPSA) is 96.9 Å². The number of benzene rings is 2. The van der Waals surface area contributed by atoms with Crippen LogP contribution >= 0.6 is 11.8 Å². The number of para-hydroxylation sites is 2. The lowest BCUT2D eigenvalue weighted by molar-refractivity contribution is -0.113. The van der Waals surface area contributed by atoms with Crippen molar-refractivity contribution in [3.05, 3.63) is 66.5 Å². The van der Waals surface area contributed by atoms with Crippen LogP contribution in [0.3, 0.4) is 0 Å². The summed E-state index contributed by atoms with van der Waals surface area (Å²) in [5.74, 6) is 1.25. The molecule has 9 nitrogen and oxygen atoms in total. The van der Waals surface area contributed by atoms with Crippen LogP contribution in [0.2, 0.25) is 0 Å². The normalized spacial score (nSPS) is 13.3. The van der Waals surface area contributed by atoms with E-state index in [4.69, 9.17) is 9.47 Å². The van der Waals surface area contributed by atoms with Gasteiger partial charge in [0.05, 0.1) is 31.2 Å². The van der Waals surface area contributed by atoms with E-state index >= 15 is 0 Å². The number of piperazine rings is 1. The monoisotopic (exact) mass is 493 g/mol. The second kappa shape index (κ2) is 11.6. The molecule has 0 aliphatic carbocycles. The third kappa shape index (κ3) is 6.21. The lowest BCUT2D eigenvalue weighted by Crippen LogP contribution is -2.47. The molecule has 3 aromatic rings. The van der Waals surface area contributed by atoms with Crippen LogP contribution in [0.15, 0.2) is 66.0 Å². The fourth-order valence-corrected chi connectivity index (χ4v) is 4.49. The number of amides is 1. The summed E-state index contributed by atoms with van der Waals surface area (Å²) in [6.45, 7) is 3.33. The largest absolute Gasteiger partial charge is 0.495 e. The van der Waals surface area contributed by atoms with Crippen LogP contribution in [-0.4, -0.2) is 68.0 Å². The predicted molar refractivity (Wildman–Crippen MR) is 137 cm³/mol. The quantitative estimate of drug-likeness (QED) is 0.288. The van der Waals surface area contributed by atoms with Gasteiger partial charge >= 0.3 is 5.97 Å². The number of thioether (sulfide) groups is 1. The first kappa shape index (κ1) is 24.3. The van der Waals surface area contributed by atoms with Crippen molar-refractivity contribution in [1.82, 2.24) is 9.97 Å². The number of hydrogen-bond donors (Lipinski definition) is 1. The molecule has 182 valence electrons. The Balaban J connectivity index is 1.31. The van der Waals surface area contributed by atoms with Crippen molar-refractivity contribution in [2.75, 3.05) is 61.3 Å². The number of hydrogen-bond acceptors (Lipinski definition) is 9. The molecule has 2 aromatic carbocycles. The second-order valence-electron chi connectivity index (χ2n) is 7.77. The van der Waals surface area contributed by atoms with Crippen LogP contribution in [0.1, 0.15) is 10.4 Å². The van der Waals surface area contributed by atoms with Crippen LogP contribution in [-0.2, 0) is 9.53 Å². The van der Waals surface area contributed by atoms with Crippen LogP contribution in [0.4, 0.5) is 17.2 Å². The molecule has 1 aliphatic rings. The highest BCUT2D eigenvalue weighted by molar-refractivity contribution is 7.99. The maximum atomic E-state index is 12.4. The Morgan fingerprint density at radius 1 is 0.971 bits per heavy atom. The lowest BCUT2D eigenvalue weighted by atomic mass is 10.2. The Morgan fingerprint density at radius 3 is 2.51 bits per heavy atom. The SMILES string of the molecule is COC(=O)c1cccc(NC(=O)CSc2cc(N3CCN(c4ccccc4OC)CC3)ncn2)c1. The number of methoxy groups -OCH3 is 2. The van der Waals surface area contributed by atoms with Crippen molar-refractivity contribution < 1.29 is 19.1 Å². The summed E-state index contributed by atoms with van der Waals surface area (Å²) in [6, 6.07) is 16.6. The van der Waals surface area contributed by atoms with Crippen LogP contribution in [0.5, 0.6) is 5.75 Å². The molecule has 2 heterocycles. The summed E-state index contributed by atoms with van der Waals surface area (Å²) in [5, 5.41) is 3.52. The van der Waals surface area contributed by atoms with Crippen LogP contribution in [0.25, 0.3) is 0 Å². The molecule has 0 bridgehead atoms. The molecule has 1 amide bonds. The van der Waals surface area contributed by atoms with Gasteiger partial charge in [-0.25, -0.2) is 14.8 Å². The van der Waals surface area contributed by atoms with Gasteiger partial charge < -0.3 is 24.6 Å². The molecule has 35 heavy (non-hydrogen) atoms. The van der Waals surface area contributed by atoms with Crippen LogP contribution in [0, 0.1) is 0 Å². The molecule has 1 N–H and O–H groups in total. The second-order valence-corrected chi connectivity index (χ2v) is 8.77. The van der Waals surface area contributed by atoms with E-state index in [1.165, 1.54) is 25.2 Å². The zero-order valence-electron chi connectivity index (χ0n) is 19.6. The van der Waals surface area contributed by atoms with E-state index in [2.05, 4.69) is 31.2 Å². The van der Waals surface area contributed by atoms with E-state index in [1.807, 2.05) is 24.3 Å². The van der Waals surface area contributed by atoms with Gasteiger partial charge in [0, 0.05) is 37.9 Å². The zero-order chi connectivity index (χ0) is 24.6. The van der Waals surface area contributed by atoms with Crippen LogP contribution < -0.4 is 19.9 Å². The number of ether oxygens (including phenoxy) is 2. The summed E-state index contributed by atoms with van der Waals surface area (Å²) in [7, 11) is 3.01. The van der Waals surface area contributed by atoms with Crippen molar-refractivity contribution in [1.29, 1.82) is 0 Å². The minimum atomic E-state index is -0.451. The number of carbonyl (C=O) groups excluding carboxylic acids is 2. The highest BCUT2D eigenvalue weighted by atomic mass is 32.2. The number of carbonyl (C=O) groups is 2. The molecule has 0 spiro atoms. The maximum absolute atomic E-state index is 12.4. The summed E-state index contributed by atoms with van der Waals surface area (Å²) in [6.07, 6.45) is 1.53. The predicted octanol–water partition coefficient (Wildman–Crippen LogP) is 3.33. The lowest BCUT2D eigenvalue weighted by Gasteiger charge is -2.37. The highest BCUT2D eigenvalue weighted by Gasteiger charge is 2.21. The summed E-state index contributed by atoms with van der Waals surface area (Å²) < 4.78 is 10.2. The van der Waals surface area contributed by atoms with Gasteiger partial charge in [0.15, 0.2) is 0 Å². The summed E-state index contributed by atoms with van der Waals surface area (Å²) >= 11 is 1.33. The van der Waals surface area contributed by atoms with Gasteiger partial charge in [0.2, 0.25) is 5.91 Å². The van der Waals surface area contributed by atoms with E-state index in [0.717, 1.165) is 48.5 Å². The van der Waals surface area contributed by atoms with Crippen molar-refractivity contribution in [3.8, 4) is 5.75 Å². The molecule has 10 heteroatoms. The van der Waals surface area contributed by atoms with E-state index < -0.39 is 5.97 Å². The average molecular weight is 494 g/mol. The van der Waals surface area contributed by atoms with Crippen molar-refractivity contribution >= 4 is 40.8 Å². The van der Waals surface area contributed by atoms with Gasteiger partial charge in [-0.15, -0.1) is 0 Å². The highest BCUT2D eigenvalue weighted by Crippen LogP contribution is 2.29. The van der Waals surface area contributed by atoms with Gasteiger partial charge in [-0.2, -0.15) is 0 Å². The summed E-state index contributed by atoms with van der Waals surface area (Å²) in [4.78, 5) is 37.4. The fourth-order valence-electron chi connectivity index (χ4n) is 3.83. The number of nitrogens with one attached hydrogen (secondary N) is 1. The minimum Gasteiger partial charge on any atom is -0.495 e. The number of aromatic nitrogens is 2. The van der Waals surface area contributed by atoms with Gasteiger partial charge in [-0.3, -0.25) is 4.79 Å². The standard InChI is InChI=1S/C25H27N5O4S/c1-33-21-9-4-3-8-20(21)29-10-12-30(13-11-29)22-15-24(27-17-26-22)35-16-23(31)28-19-7-5-6-18(14-19)25(32)34-2/h3-9,14-15,17H,10-13,16H2,1-2H3,(H,28,31). The third-order valence-corrected chi connectivity index (χ3v) is 6.50. The van der Waals surface area contributed by atoms with Gasteiger partial charge in [0.25, 0.3) is 0 Å². The Kier molecular flexibility index (Phi) is 8.04.